The van der Waals surface area contributed by atoms with Crippen molar-refractivity contribution in [1.82, 2.24) is 15.5 Å². The fourth-order valence-corrected chi connectivity index (χ4v) is 7.13. The van der Waals surface area contributed by atoms with E-state index < -0.39 is 17.7 Å². The summed E-state index contributed by atoms with van der Waals surface area (Å²) < 4.78 is 5.17. The highest BCUT2D eigenvalue weighted by Crippen LogP contribution is 2.14. The Bertz CT molecular complexity index is 1120. The summed E-state index contributed by atoms with van der Waals surface area (Å²) in [7, 11) is 0. The van der Waals surface area contributed by atoms with Crippen molar-refractivity contribution in [1.29, 1.82) is 0 Å². The molecule has 0 aromatic heterocycles. The fourth-order valence-electron chi connectivity index (χ4n) is 7.13. The van der Waals surface area contributed by atoms with Gasteiger partial charge in [0.15, 0.2) is 5.96 Å². The normalized spacial score (nSPS) is 12.7. The number of nitrogens with one attached hydrogen (secondary N) is 2. The third-order valence-corrected chi connectivity index (χ3v) is 10.8. The molecule has 0 saturated heterocycles. The van der Waals surface area contributed by atoms with Crippen LogP contribution in [0.25, 0.3) is 0 Å². The molecule has 0 heterocycles. The van der Waals surface area contributed by atoms with Crippen LogP contribution in [-0.4, -0.2) is 66.6 Å². The van der Waals surface area contributed by atoms with Crippen molar-refractivity contribution >= 4 is 23.9 Å². The molecule has 1 atom stereocenters. The van der Waals surface area contributed by atoms with Gasteiger partial charge < -0.3 is 26.4 Å². The summed E-state index contributed by atoms with van der Waals surface area (Å²) in [5, 5.41) is 5.25. The van der Waals surface area contributed by atoms with E-state index in [9.17, 15) is 14.4 Å². The maximum absolute atomic E-state index is 13.4. The van der Waals surface area contributed by atoms with Gasteiger partial charge in [0.1, 0.15) is 5.60 Å². The predicted octanol–water partition coefficient (Wildman–Crippen LogP) is 12.3. The van der Waals surface area contributed by atoms with Gasteiger partial charge in [-0.3, -0.25) is 19.9 Å². The van der Waals surface area contributed by atoms with E-state index in [0.717, 1.165) is 38.8 Å². The summed E-state index contributed by atoms with van der Waals surface area (Å²) in [6.45, 7) is 12.0. The Labute approximate surface area is 369 Å². The van der Waals surface area contributed by atoms with Gasteiger partial charge in [-0.15, -0.1) is 0 Å². The number of aliphatic imine (C=N–C) groups is 1. The summed E-state index contributed by atoms with van der Waals surface area (Å²) >= 11 is 0. The van der Waals surface area contributed by atoms with Gasteiger partial charge in [-0.25, -0.2) is 4.79 Å². The van der Waals surface area contributed by atoms with Gasteiger partial charge in [0.2, 0.25) is 11.8 Å². The molecule has 10 heteroatoms. The molecular weight excluding hydrogens is 749 g/mol. The quantitative estimate of drug-likeness (QED) is 0.0209. The number of allylic oxidation sites excluding steroid dienone is 4. The average Bonchev–Trinajstić information content (AvgIpc) is 3.20. The zero-order chi connectivity index (χ0) is 44.4. The summed E-state index contributed by atoms with van der Waals surface area (Å²) in [4.78, 5) is 44.0. The number of nitrogens with two attached hydrogens (primary N) is 2. The molecule has 0 rings (SSSR count). The molecule has 0 aliphatic carbocycles. The van der Waals surface area contributed by atoms with E-state index in [-0.39, 0.29) is 30.7 Å². The summed E-state index contributed by atoms with van der Waals surface area (Å²) in [5.41, 5.74) is 11.3. The first kappa shape index (κ1) is 57.1. The van der Waals surface area contributed by atoms with Crippen LogP contribution in [0.3, 0.4) is 0 Å². The van der Waals surface area contributed by atoms with Crippen LogP contribution in [0.2, 0.25) is 0 Å². The maximum atomic E-state index is 13.4. The summed E-state index contributed by atoms with van der Waals surface area (Å²) in [6.07, 6.45) is 45.5. The summed E-state index contributed by atoms with van der Waals surface area (Å²) in [5.74, 6) is -0.219. The van der Waals surface area contributed by atoms with Gasteiger partial charge in [0, 0.05) is 32.6 Å². The number of carbonyl (C=O) groups is 3. The average molecular weight is 845 g/mol. The molecule has 0 bridgehead atoms. The lowest BCUT2D eigenvalue weighted by atomic mass is 10.1. The van der Waals surface area contributed by atoms with Crippen LogP contribution in [0, 0.1) is 0 Å². The zero-order valence-electron chi connectivity index (χ0n) is 39.8. The van der Waals surface area contributed by atoms with Crippen LogP contribution in [-0.2, 0) is 14.3 Å². The Morgan fingerprint density at radius 2 is 1.02 bits per heavy atom. The molecule has 6 N–H and O–H groups in total. The van der Waals surface area contributed by atoms with E-state index in [1.165, 1.54) is 154 Å². The number of guanidine groups is 1. The number of hydrogen-bond donors (Lipinski definition) is 4. The van der Waals surface area contributed by atoms with E-state index in [1.54, 1.807) is 20.8 Å². The van der Waals surface area contributed by atoms with E-state index in [0.29, 0.717) is 19.4 Å². The second-order valence-corrected chi connectivity index (χ2v) is 17.9. The first-order chi connectivity index (χ1) is 29.0. The predicted molar refractivity (Wildman–Crippen MR) is 256 cm³/mol. The third kappa shape index (κ3) is 40.5. The lowest BCUT2D eigenvalue weighted by Gasteiger charge is -2.23. The first-order valence-corrected chi connectivity index (χ1v) is 24.9. The molecule has 0 saturated carbocycles. The highest BCUT2D eigenvalue weighted by Gasteiger charge is 2.18. The number of ether oxygens (including phenoxy) is 1. The minimum Gasteiger partial charge on any atom is -0.444 e. The van der Waals surface area contributed by atoms with Crippen LogP contribution < -0.4 is 22.1 Å². The molecule has 0 aliphatic rings. The molecule has 3 amide bonds. The Hall–Kier alpha value is -2.88. The largest absolute Gasteiger partial charge is 0.444 e. The lowest BCUT2D eigenvalue weighted by Crippen LogP contribution is -2.42. The van der Waals surface area contributed by atoms with E-state index in [1.807, 2.05) is 4.90 Å². The SMILES string of the molecule is CCCCCCCC/C=C/CCCCCCCCN(CCCCCCC/C=C/CCCCCCCCC)C(=O)CCNC(=O)C(N)CCCN=C(N)NC(=O)OC(C)(C)C. The number of rotatable bonds is 40. The van der Waals surface area contributed by atoms with E-state index in [4.69, 9.17) is 16.2 Å². The van der Waals surface area contributed by atoms with Crippen molar-refractivity contribution in [2.75, 3.05) is 26.2 Å². The van der Waals surface area contributed by atoms with Crippen LogP contribution in [0.5, 0.6) is 0 Å². The smallest absolute Gasteiger partial charge is 0.414 e. The number of carbonyl (C=O) groups excluding carboxylic acids is 3. The number of amides is 3. The van der Waals surface area contributed by atoms with Crippen LogP contribution >= 0.6 is 0 Å². The molecule has 350 valence electrons. The number of hydrogen-bond acceptors (Lipinski definition) is 6. The van der Waals surface area contributed by atoms with Gasteiger partial charge in [-0.05, 0) is 97.8 Å². The van der Waals surface area contributed by atoms with Crippen molar-refractivity contribution in [3.8, 4) is 0 Å². The number of alkyl carbamates (subject to hydrolysis) is 1. The fraction of sp³-hybridized carbons (Fsp3) is 0.840. The Morgan fingerprint density at radius 1 is 0.617 bits per heavy atom. The van der Waals surface area contributed by atoms with E-state index >= 15 is 0 Å². The molecule has 0 fully saturated rings. The zero-order valence-corrected chi connectivity index (χ0v) is 39.8. The van der Waals surface area contributed by atoms with E-state index in [2.05, 4.69) is 53.8 Å². The van der Waals surface area contributed by atoms with Crippen LogP contribution in [0.4, 0.5) is 4.79 Å². The molecule has 10 nitrogen and oxygen atoms in total. The molecule has 0 spiro atoms. The Balaban J connectivity index is 4.53. The topological polar surface area (TPSA) is 152 Å². The molecule has 0 radical (unpaired) electrons. The standard InChI is InChI=1S/C50H96N6O4/c1-6-8-10-12-14-16-18-20-22-24-26-28-30-32-34-36-43-56(44-37-35-33-31-29-27-25-23-21-19-17-15-13-11-9-7-2)46(57)40-42-53-47(58)45(51)39-38-41-54-48(52)55-49(59)60-50(3,4)5/h20,22-23,25,45H,6-19,21,24,26-44,51H2,1-5H3,(H,53,58)(H3,52,54,55,59)/b22-20+,25-23+. The highest BCUT2D eigenvalue weighted by atomic mass is 16.6. The van der Waals surface area contributed by atoms with Crippen molar-refractivity contribution in [3.63, 3.8) is 0 Å². The molecule has 0 aliphatic heterocycles. The molecule has 0 aromatic rings. The van der Waals surface area contributed by atoms with Crippen molar-refractivity contribution in [2.24, 2.45) is 16.5 Å². The minimum atomic E-state index is -0.715. The maximum Gasteiger partial charge on any atom is 0.414 e. The lowest BCUT2D eigenvalue weighted by molar-refractivity contribution is -0.131. The number of unbranched alkanes of at least 4 members (excludes halogenated alkanes) is 24. The van der Waals surface area contributed by atoms with Crippen LogP contribution in [0.15, 0.2) is 29.3 Å². The first-order valence-electron chi connectivity index (χ1n) is 24.9. The van der Waals surface area contributed by atoms with Crippen LogP contribution in [0.1, 0.15) is 234 Å². The second-order valence-electron chi connectivity index (χ2n) is 17.9. The van der Waals surface area contributed by atoms with Gasteiger partial charge in [0.05, 0.1) is 6.04 Å². The highest BCUT2D eigenvalue weighted by molar-refractivity contribution is 5.93. The molecule has 1 unspecified atom stereocenters. The van der Waals surface area contributed by atoms with Gasteiger partial charge in [0.25, 0.3) is 0 Å². The van der Waals surface area contributed by atoms with Crippen molar-refractivity contribution in [2.45, 2.75) is 245 Å². The minimum absolute atomic E-state index is 0.0420. The Morgan fingerprint density at radius 3 is 1.43 bits per heavy atom. The second kappa shape index (κ2) is 41.5. The summed E-state index contributed by atoms with van der Waals surface area (Å²) in [6, 6.07) is -0.715. The number of nitrogens with zero attached hydrogens (tertiary/aromatic N) is 2. The van der Waals surface area contributed by atoms with Gasteiger partial charge in [-0.2, -0.15) is 0 Å². The van der Waals surface area contributed by atoms with Gasteiger partial charge >= 0.3 is 6.09 Å². The molecular formula is C50H96N6O4. The third-order valence-electron chi connectivity index (χ3n) is 10.8. The monoisotopic (exact) mass is 845 g/mol. The molecule has 0 aromatic carbocycles. The van der Waals surface area contributed by atoms with Crippen molar-refractivity contribution in [3.05, 3.63) is 24.3 Å². The van der Waals surface area contributed by atoms with Gasteiger partial charge in [-0.1, -0.05) is 154 Å². The van der Waals surface area contributed by atoms with Crippen molar-refractivity contribution < 1.29 is 19.1 Å². The Kier molecular flexibility index (Phi) is 39.5. The molecule has 60 heavy (non-hydrogen) atoms.